The van der Waals surface area contributed by atoms with Crippen molar-refractivity contribution in [3.05, 3.63) is 42.5 Å². The summed E-state index contributed by atoms with van der Waals surface area (Å²) in [5, 5.41) is 14.1. The molecule has 112 valence electrons. The van der Waals surface area contributed by atoms with E-state index in [1.54, 1.807) is 0 Å². The summed E-state index contributed by atoms with van der Waals surface area (Å²) in [6, 6.07) is 14.6. The van der Waals surface area contributed by atoms with Crippen molar-refractivity contribution in [2.24, 2.45) is 0 Å². The monoisotopic (exact) mass is 317 g/mol. The maximum absolute atomic E-state index is 10.6. The third-order valence-corrected chi connectivity index (χ3v) is 6.88. The minimum Gasteiger partial charge on any atom is -0.507 e. The first-order chi connectivity index (χ1) is 9.80. The number of aromatic hydroxyl groups is 1. The molecule has 0 aliphatic heterocycles. The van der Waals surface area contributed by atoms with Crippen molar-refractivity contribution in [3.8, 4) is 5.75 Å². The molecule has 0 saturated carbocycles. The van der Waals surface area contributed by atoms with Gasteiger partial charge in [-0.05, 0) is 11.3 Å². The van der Waals surface area contributed by atoms with Gasteiger partial charge in [0.15, 0.2) is 0 Å². The first kappa shape index (κ1) is 16.1. The smallest absolute Gasteiger partial charge is 0.122 e. The Morgan fingerprint density at radius 3 is 2.14 bits per heavy atom. The summed E-state index contributed by atoms with van der Waals surface area (Å²) in [5.74, 6) is 0.503. The fourth-order valence-corrected chi connectivity index (χ4v) is 5.27. The summed E-state index contributed by atoms with van der Waals surface area (Å²) in [6.07, 6.45) is 0. The van der Waals surface area contributed by atoms with Gasteiger partial charge in [0.25, 0.3) is 0 Å². The Morgan fingerprint density at radius 2 is 1.52 bits per heavy atom. The third kappa shape index (κ3) is 3.66. The number of para-hydroxylation sites is 2. The summed E-state index contributed by atoms with van der Waals surface area (Å²) < 4.78 is 0. The maximum Gasteiger partial charge on any atom is 0.122 e. The zero-order valence-corrected chi connectivity index (χ0v) is 15.4. The molecule has 0 saturated heterocycles. The van der Waals surface area contributed by atoms with Crippen LogP contribution in [-0.4, -0.2) is 27.3 Å². The van der Waals surface area contributed by atoms with Crippen molar-refractivity contribution in [1.29, 1.82) is 0 Å². The molecule has 0 fully saturated rings. The minimum absolute atomic E-state index is 0.473. The largest absolute Gasteiger partial charge is 0.507 e. The molecule has 2 aromatic carbocycles. The standard InChI is InChI=1S/C17H24NOPSi/c1-18(2)13-9-6-7-10-14(13)20-15-11-8-12-16(17(15)19)21(3,4)5/h6-12,19-20H,1-5H3. The average molecular weight is 317 g/mol. The molecule has 0 heterocycles. The van der Waals surface area contributed by atoms with Gasteiger partial charge in [0.05, 0.1) is 8.07 Å². The van der Waals surface area contributed by atoms with Crippen LogP contribution in [0.25, 0.3) is 0 Å². The highest BCUT2D eigenvalue weighted by Crippen LogP contribution is 2.23. The van der Waals surface area contributed by atoms with Gasteiger partial charge in [0.2, 0.25) is 0 Å². The molecule has 0 aliphatic carbocycles. The van der Waals surface area contributed by atoms with Crippen molar-refractivity contribution in [3.63, 3.8) is 0 Å². The number of phenolic OH excluding ortho intramolecular Hbond substituents is 1. The van der Waals surface area contributed by atoms with Crippen LogP contribution in [0.4, 0.5) is 5.69 Å². The van der Waals surface area contributed by atoms with Crippen molar-refractivity contribution >= 4 is 38.1 Å². The Kier molecular flexibility index (Phi) is 4.75. The van der Waals surface area contributed by atoms with Crippen molar-refractivity contribution < 1.29 is 5.11 Å². The Balaban J connectivity index is 2.42. The van der Waals surface area contributed by atoms with Crippen molar-refractivity contribution in [1.82, 2.24) is 0 Å². The molecule has 1 atom stereocenters. The zero-order valence-electron chi connectivity index (χ0n) is 13.4. The number of nitrogens with zero attached hydrogens (tertiary/aromatic N) is 1. The first-order valence-corrected chi connectivity index (χ1v) is 11.7. The number of anilines is 1. The fraction of sp³-hybridized carbons (Fsp3) is 0.294. The third-order valence-electron chi connectivity index (χ3n) is 3.50. The van der Waals surface area contributed by atoms with E-state index in [0.29, 0.717) is 14.3 Å². The molecule has 21 heavy (non-hydrogen) atoms. The lowest BCUT2D eigenvalue weighted by Crippen LogP contribution is -2.39. The van der Waals surface area contributed by atoms with Gasteiger partial charge in [0, 0.05) is 30.4 Å². The molecule has 2 rings (SSSR count). The molecular weight excluding hydrogens is 293 g/mol. The molecule has 0 radical (unpaired) electrons. The molecule has 2 nitrogen and oxygen atoms in total. The Labute approximate surface area is 130 Å². The van der Waals surface area contributed by atoms with Crippen molar-refractivity contribution in [2.45, 2.75) is 19.6 Å². The van der Waals surface area contributed by atoms with E-state index in [9.17, 15) is 5.11 Å². The Bertz CT molecular complexity index is 635. The lowest BCUT2D eigenvalue weighted by Gasteiger charge is -2.21. The van der Waals surface area contributed by atoms with E-state index in [2.05, 4.69) is 75.0 Å². The lowest BCUT2D eigenvalue weighted by molar-refractivity contribution is 0.483. The van der Waals surface area contributed by atoms with E-state index in [1.165, 1.54) is 11.0 Å². The molecule has 0 aliphatic rings. The molecule has 2 aromatic rings. The van der Waals surface area contributed by atoms with Crippen LogP contribution in [0.3, 0.4) is 0 Å². The fourth-order valence-electron chi connectivity index (χ4n) is 2.36. The predicted molar refractivity (Wildman–Crippen MR) is 99.4 cm³/mol. The van der Waals surface area contributed by atoms with Crippen LogP contribution >= 0.6 is 8.58 Å². The topological polar surface area (TPSA) is 23.5 Å². The summed E-state index contributed by atoms with van der Waals surface area (Å²) in [7, 11) is 3.07. The molecule has 0 bridgehead atoms. The quantitative estimate of drug-likeness (QED) is 0.692. The van der Waals surface area contributed by atoms with Gasteiger partial charge >= 0.3 is 0 Å². The second-order valence-electron chi connectivity index (χ2n) is 6.49. The SMILES string of the molecule is CN(C)c1ccccc1Pc1cccc([Si](C)(C)C)c1O. The molecule has 0 spiro atoms. The minimum atomic E-state index is -1.52. The summed E-state index contributed by atoms with van der Waals surface area (Å²) in [4.78, 5) is 2.13. The van der Waals surface area contributed by atoms with Crippen LogP contribution in [0, 0.1) is 0 Å². The van der Waals surface area contributed by atoms with E-state index in [0.717, 1.165) is 10.5 Å². The number of phenols is 1. The van der Waals surface area contributed by atoms with Crippen LogP contribution in [0.1, 0.15) is 0 Å². The highest BCUT2D eigenvalue weighted by molar-refractivity contribution is 7.56. The van der Waals surface area contributed by atoms with Gasteiger partial charge in [-0.1, -0.05) is 64.6 Å². The molecule has 4 heteroatoms. The zero-order chi connectivity index (χ0) is 15.6. The van der Waals surface area contributed by atoms with Crippen LogP contribution in [0.15, 0.2) is 42.5 Å². The molecule has 1 unspecified atom stereocenters. The van der Waals surface area contributed by atoms with E-state index in [1.807, 2.05) is 6.07 Å². The van der Waals surface area contributed by atoms with Gasteiger partial charge < -0.3 is 10.0 Å². The van der Waals surface area contributed by atoms with E-state index < -0.39 is 8.07 Å². The highest BCUT2D eigenvalue weighted by Gasteiger charge is 2.22. The van der Waals surface area contributed by atoms with Gasteiger partial charge in [-0.25, -0.2) is 0 Å². The summed E-state index contributed by atoms with van der Waals surface area (Å²) >= 11 is 0. The second-order valence-corrected chi connectivity index (χ2v) is 12.9. The second kappa shape index (κ2) is 6.21. The normalized spacial score (nSPS) is 12.0. The Morgan fingerprint density at radius 1 is 0.905 bits per heavy atom. The molecule has 0 amide bonds. The van der Waals surface area contributed by atoms with Crippen LogP contribution in [-0.2, 0) is 0 Å². The maximum atomic E-state index is 10.6. The van der Waals surface area contributed by atoms with Crippen LogP contribution < -0.4 is 20.7 Å². The van der Waals surface area contributed by atoms with Gasteiger partial charge in [-0.15, -0.1) is 0 Å². The molecule has 1 N–H and O–H groups in total. The first-order valence-electron chi connectivity index (χ1n) is 7.16. The van der Waals surface area contributed by atoms with Crippen LogP contribution in [0.5, 0.6) is 5.75 Å². The van der Waals surface area contributed by atoms with E-state index in [4.69, 9.17) is 0 Å². The molecular formula is C17H24NOPSi. The highest BCUT2D eigenvalue weighted by atomic mass is 31.1. The Hall–Kier alpha value is -1.31. The average Bonchev–Trinajstić information content (AvgIpc) is 2.40. The van der Waals surface area contributed by atoms with E-state index >= 15 is 0 Å². The van der Waals surface area contributed by atoms with Crippen LogP contribution in [0.2, 0.25) is 19.6 Å². The van der Waals surface area contributed by atoms with Gasteiger partial charge in [0.1, 0.15) is 5.75 Å². The van der Waals surface area contributed by atoms with Crippen molar-refractivity contribution in [2.75, 3.05) is 19.0 Å². The molecule has 0 aromatic heterocycles. The van der Waals surface area contributed by atoms with E-state index in [-0.39, 0.29) is 0 Å². The number of rotatable bonds is 4. The summed E-state index contributed by atoms with van der Waals surface area (Å²) in [5.41, 5.74) is 1.22. The number of hydrogen-bond acceptors (Lipinski definition) is 2. The number of hydrogen-bond donors (Lipinski definition) is 1. The van der Waals surface area contributed by atoms with Gasteiger partial charge in [-0.2, -0.15) is 0 Å². The summed E-state index contributed by atoms with van der Waals surface area (Å²) in [6.45, 7) is 6.80. The van der Waals surface area contributed by atoms with Gasteiger partial charge in [-0.3, -0.25) is 0 Å². The number of benzene rings is 2. The predicted octanol–water partition coefficient (Wildman–Crippen LogP) is 2.63. The lowest BCUT2D eigenvalue weighted by atomic mass is 10.3.